The van der Waals surface area contributed by atoms with Gasteiger partial charge in [0.15, 0.2) is 6.10 Å². The maximum atomic E-state index is 12.3. The van der Waals surface area contributed by atoms with E-state index in [0.717, 1.165) is 6.07 Å². The highest BCUT2D eigenvalue weighted by atomic mass is 35.5. The number of esters is 1. The number of rotatable bonds is 6. The predicted molar refractivity (Wildman–Crippen MR) is 92.7 cm³/mol. The molecule has 25 heavy (non-hydrogen) atoms. The van der Waals surface area contributed by atoms with Gasteiger partial charge in [-0.05, 0) is 30.7 Å². The fraction of sp³-hybridized carbons (Fsp3) is 0.176. The van der Waals surface area contributed by atoms with Crippen LogP contribution < -0.4 is 5.32 Å². The van der Waals surface area contributed by atoms with Crippen LogP contribution in [0.25, 0.3) is 0 Å². The molecule has 8 heteroatoms. The predicted octanol–water partition coefficient (Wildman–Crippen LogP) is 3.82. The third-order valence-electron chi connectivity index (χ3n) is 3.33. The third-order valence-corrected chi connectivity index (χ3v) is 3.57. The molecule has 0 radical (unpaired) electrons. The van der Waals surface area contributed by atoms with Crippen LogP contribution in [0.4, 0.5) is 11.4 Å². The molecule has 0 aliphatic rings. The van der Waals surface area contributed by atoms with Gasteiger partial charge in [-0.2, -0.15) is 0 Å². The van der Waals surface area contributed by atoms with Gasteiger partial charge in [0.05, 0.1) is 4.92 Å². The first-order valence-electron chi connectivity index (χ1n) is 7.43. The van der Waals surface area contributed by atoms with Crippen LogP contribution >= 0.6 is 11.6 Å². The molecule has 0 fully saturated rings. The number of carbonyl (C=O) groups excluding carboxylic acids is 2. The van der Waals surface area contributed by atoms with Gasteiger partial charge in [-0.15, -0.1) is 0 Å². The van der Waals surface area contributed by atoms with Gasteiger partial charge in [-0.3, -0.25) is 14.9 Å². The number of carbonyl (C=O) groups is 2. The Morgan fingerprint density at radius 3 is 2.52 bits per heavy atom. The Morgan fingerprint density at radius 1 is 1.24 bits per heavy atom. The van der Waals surface area contributed by atoms with Crippen molar-refractivity contribution in [1.82, 2.24) is 0 Å². The zero-order valence-corrected chi connectivity index (χ0v) is 14.0. The first-order valence-corrected chi connectivity index (χ1v) is 7.81. The molecule has 2 rings (SSSR count). The van der Waals surface area contributed by atoms with Crippen molar-refractivity contribution in [1.29, 1.82) is 0 Å². The van der Waals surface area contributed by atoms with E-state index < -0.39 is 28.6 Å². The van der Waals surface area contributed by atoms with Gasteiger partial charge in [-0.1, -0.05) is 36.7 Å². The van der Waals surface area contributed by atoms with Crippen molar-refractivity contribution < 1.29 is 19.2 Å². The molecule has 2 aromatic rings. The molecule has 1 unspecified atom stereocenters. The van der Waals surface area contributed by atoms with Crippen LogP contribution in [0.15, 0.2) is 48.5 Å². The van der Waals surface area contributed by atoms with Crippen LogP contribution in [0, 0.1) is 10.1 Å². The molecular weight excluding hydrogens is 348 g/mol. The summed E-state index contributed by atoms with van der Waals surface area (Å²) in [7, 11) is 0. The van der Waals surface area contributed by atoms with E-state index in [4.69, 9.17) is 16.3 Å². The molecule has 1 amide bonds. The molecular formula is C17H15ClN2O5. The lowest BCUT2D eigenvalue weighted by Gasteiger charge is -2.16. The lowest BCUT2D eigenvalue weighted by molar-refractivity contribution is -0.385. The maximum Gasteiger partial charge on any atom is 0.345 e. The van der Waals surface area contributed by atoms with Crippen molar-refractivity contribution in [3.05, 3.63) is 69.2 Å². The number of halogens is 1. The summed E-state index contributed by atoms with van der Waals surface area (Å²) in [6.45, 7) is 1.67. The molecule has 1 atom stereocenters. The lowest BCUT2D eigenvalue weighted by atomic mass is 10.1. The highest BCUT2D eigenvalue weighted by Crippen LogP contribution is 2.24. The topological polar surface area (TPSA) is 98.5 Å². The normalized spacial score (nSPS) is 11.4. The minimum absolute atomic E-state index is 0.122. The monoisotopic (exact) mass is 362 g/mol. The number of nitro groups is 1. The van der Waals surface area contributed by atoms with Crippen LogP contribution in [0.5, 0.6) is 0 Å². The van der Waals surface area contributed by atoms with Gasteiger partial charge in [0.1, 0.15) is 5.56 Å². The second-order valence-electron chi connectivity index (χ2n) is 5.08. The van der Waals surface area contributed by atoms with Crippen LogP contribution in [0.3, 0.4) is 0 Å². The van der Waals surface area contributed by atoms with Gasteiger partial charge >= 0.3 is 5.97 Å². The molecule has 0 saturated heterocycles. The van der Waals surface area contributed by atoms with Crippen molar-refractivity contribution in [3.63, 3.8) is 0 Å². The zero-order valence-electron chi connectivity index (χ0n) is 13.3. The molecule has 0 aromatic heterocycles. The quantitative estimate of drug-likeness (QED) is 0.478. The number of benzene rings is 2. The summed E-state index contributed by atoms with van der Waals surface area (Å²) in [4.78, 5) is 34.8. The summed E-state index contributed by atoms with van der Waals surface area (Å²) in [5.41, 5.74) is -0.185. The summed E-state index contributed by atoms with van der Waals surface area (Å²) >= 11 is 5.72. The SMILES string of the molecule is CCC(OC(=O)c1ccc(Cl)cc1[N+](=O)[O-])C(=O)Nc1ccccc1. The molecule has 130 valence electrons. The van der Waals surface area contributed by atoms with Gasteiger partial charge in [0.2, 0.25) is 0 Å². The number of nitrogens with one attached hydrogen (secondary N) is 1. The number of para-hydroxylation sites is 1. The average Bonchev–Trinajstić information content (AvgIpc) is 2.60. The number of ether oxygens (including phenoxy) is 1. The second kappa shape index (κ2) is 8.25. The minimum atomic E-state index is -1.08. The molecule has 0 spiro atoms. The number of anilines is 1. The number of hydrogen-bond donors (Lipinski definition) is 1. The Hall–Kier alpha value is -2.93. The Labute approximate surface area is 148 Å². The number of nitro benzene ring substituents is 1. The van der Waals surface area contributed by atoms with E-state index in [2.05, 4.69) is 5.32 Å². The highest BCUT2D eigenvalue weighted by molar-refractivity contribution is 6.31. The summed E-state index contributed by atoms with van der Waals surface area (Å²) in [5.74, 6) is -1.47. The van der Waals surface area contributed by atoms with Crippen LogP contribution in [-0.4, -0.2) is 22.9 Å². The van der Waals surface area contributed by atoms with E-state index in [0.29, 0.717) is 5.69 Å². The summed E-state index contributed by atoms with van der Waals surface area (Å²) < 4.78 is 5.15. The highest BCUT2D eigenvalue weighted by Gasteiger charge is 2.27. The largest absolute Gasteiger partial charge is 0.448 e. The van der Waals surface area contributed by atoms with Gasteiger partial charge in [0.25, 0.3) is 11.6 Å². The zero-order chi connectivity index (χ0) is 18.4. The van der Waals surface area contributed by atoms with E-state index in [1.54, 1.807) is 37.3 Å². The smallest absolute Gasteiger partial charge is 0.345 e. The molecule has 0 heterocycles. The Morgan fingerprint density at radius 2 is 1.92 bits per heavy atom. The van der Waals surface area contributed by atoms with E-state index >= 15 is 0 Å². The third kappa shape index (κ3) is 4.77. The van der Waals surface area contributed by atoms with Gasteiger partial charge in [-0.25, -0.2) is 4.79 Å². The Balaban J connectivity index is 2.15. The number of hydrogen-bond acceptors (Lipinski definition) is 5. The lowest BCUT2D eigenvalue weighted by Crippen LogP contribution is -2.32. The molecule has 1 N–H and O–H groups in total. The van der Waals surface area contributed by atoms with Crippen molar-refractivity contribution in [2.45, 2.75) is 19.4 Å². The Bertz CT molecular complexity index is 795. The fourth-order valence-electron chi connectivity index (χ4n) is 2.09. The first-order chi connectivity index (χ1) is 11.9. The average molecular weight is 363 g/mol. The molecule has 0 bridgehead atoms. The van der Waals surface area contributed by atoms with E-state index in [9.17, 15) is 19.7 Å². The number of nitrogens with zero attached hydrogens (tertiary/aromatic N) is 1. The van der Waals surface area contributed by atoms with E-state index in [1.807, 2.05) is 0 Å². The van der Waals surface area contributed by atoms with Crippen molar-refractivity contribution in [2.24, 2.45) is 0 Å². The molecule has 0 saturated carbocycles. The molecule has 0 aliphatic carbocycles. The molecule has 7 nitrogen and oxygen atoms in total. The molecule has 2 aromatic carbocycles. The fourth-order valence-corrected chi connectivity index (χ4v) is 2.25. The number of amides is 1. The summed E-state index contributed by atoms with van der Waals surface area (Å²) in [6.07, 6.45) is -0.866. The maximum absolute atomic E-state index is 12.3. The van der Waals surface area contributed by atoms with Crippen molar-refractivity contribution >= 4 is 34.9 Å². The van der Waals surface area contributed by atoms with Crippen LogP contribution in [-0.2, 0) is 9.53 Å². The minimum Gasteiger partial charge on any atom is -0.448 e. The Kier molecular flexibility index (Phi) is 6.08. The van der Waals surface area contributed by atoms with Crippen LogP contribution in [0.1, 0.15) is 23.7 Å². The van der Waals surface area contributed by atoms with Gasteiger partial charge in [0, 0.05) is 16.8 Å². The van der Waals surface area contributed by atoms with Gasteiger partial charge < -0.3 is 10.1 Å². The first kappa shape index (κ1) is 18.4. The molecule has 0 aliphatic heterocycles. The summed E-state index contributed by atoms with van der Waals surface area (Å²) in [5, 5.41) is 13.8. The van der Waals surface area contributed by atoms with Crippen LogP contribution in [0.2, 0.25) is 5.02 Å². The standard InChI is InChI=1S/C17H15ClN2O5/c1-2-15(16(21)19-12-6-4-3-5-7-12)25-17(22)13-9-8-11(18)10-14(13)20(23)24/h3-10,15H,2H2,1H3,(H,19,21). The summed E-state index contributed by atoms with van der Waals surface area (Å²) in [6, 6.07) is 12.3. The second-order valence-corrected chi connectivity index (χ2v) is 5.51. The van der Waals surface area contributed by atoms with E-state index in [1.165, 1.54) is 12.1 Å². The van der Waals surface area contributed by atoms with E-state index in [-0.39, 0.29) is 17.0 Å². The van der Waals surface area contributed by atoms with Crippen molar-refractivity contribution in [3.8, 4) is 0 Å². The van der Waals surface area contributed by atoms with Crippen molar-refractivity contribution in [2.75, 3.05) is 5.32 Å².